The molecule has 1 N–H and O–H groups in total. The Morgan fingerprint density at radius 3 is 2.72 bits per heavy atom. The van der Waals surface area contributed by atoms with Crippen LogP contribution in [0.3, 0.4) is 0 Å². The molecule has 0 saturated carbocycles. The van der Waals surface area contributed by atoms with Gasteiger partial charge in [-0.1, -0.05) is 0 Å². The van der Waals surface area contributed by atoms with E-state index in [2.05, 4.69) is 9.72 Å². The molecule has 0 saturated heterocycles. The van der Waals surface area contributed by atoms with E-state index in [1.165, 1.54) is 20.4 Å². The lowest BCUT2D eigenvalue weighted by molar-refractivity contribution is -0.140. The maximum absolute atomic E-state index is 12.0. The van der Waals surface area contributed by atoms with E-state index in [9.17, 15) is 18.0 Å². The van der Waals surface area contributed by atoms with E-state index in [1.807, 2.05) is 0 Å². The van der Waals surface area contributed by atoms with Crippen molar-refractivity contribution in [1.82, 2.24) is 9.29 Å². The van der Waals surface area contributed by atoms with Crippen molar-refractivity contribution in [3.63, 3.8) is 0 Å². The topological polar surface area (TPSA) is 96.5 Å². The zero-order valence-corrected chi connectivity index (χ0v) is 10.9. The van der Waals surface area contributed by atoms with Crippen LogP contribution in [0, 0.1) is 0 Å². The summed E-state index contributed by atoms with van der Waals surface area (Å²) in [4.78, 5) is 24.6. The lowest BCUT2D eigenvalue weighted by atomic mass is 10.4. The van der Waals surface area contributed by atoms with Crippen LogP contribution in [0.2, 0.25) is 0 Å². The fourth-order valence-corrected chi connectivity index (χ4v) is 2.45. The summed E-state index contributed by atoms with van der Waals surface area (Å²) in [5.41, 5.74) is -0.598. The van der Waals surface area contributed by atoms with Gasteiger partial charge in [-0.3, -0.25) is 9.59 Å². The van der Waals surface area contributed by atoms with Crippen LogP contribution in [-0.4, -0.2) is 44.4 Å². The number of sulfonamides is 1. The molecule has 0 spiro atoms. The molecule has 0 amide bonds. The van der Waals surface area contributed by atoms with E-state index < -0.39 is 21.4 Å². The molecule has 0 aliphatic heterocycles. The Labute approximate surface area is 104 Å². The number of ether oxygens (including phenoxy) is 1. The summed E-state index contributed by atoms with van der Waals surface area (Å²) in [6, 6.07) is 1.13. The number of carbonyl (C=O) groups is 1. The van der Waals surface area contributed by atoms with Gasteiger partial charge in [0.05, 0.1) is 13.5 Å². The van der Waals surface area contributed by atoms with Crippen molar-refractivity contribution < 1.29 is 17.9 Å². The van der Waals surface area contributed by atoms with Crippen LogP contribution >= 0.6 is 0 Å². The van der Waals surface area contributed by atoms with Crippen LogP contribution < -0.4 is 5.43 Å². The molecule has 8 heteroatoms. The third-order valence-electron chi connectivity index (χ3n) is 2.33. The second-order valence-electron chi connectivity index (χ2n) is 3.53. The highest BCUT2D eigenvalue weighted by molar-refractivity contribution is 7.89. The Kier molecular flexibility index (Phi) is 4.62. The highest BCUT2D eigenvalue weighted by Gasteiger charge is 2.23. The van der Waals surface area contributed by atoms with Gasteiger partial charge in [0.25, 0.3) is 0 Å². The number of esters is 1. The number of nitrogens with one attached hydrogen (secondary N) is 1. The molecule has 1 aromatic rings. The minimum Gasteiger partial charge on any atom is -0.469 e. The molecule has 1 rings (SSSR count). The maximum Gasteiger partial charge on any atom is 0.306 e. The van der Waals surface area contributed by atoms with Gasteiger partial charge in [0.2, 0.25) is 15.5 Å². The second kappa shape index (κ2) is 5.78. The Balaban J connectivity index is 2.91. The summed E-state index contributed by atoms with van der Waals surface area (Å²) >= 11 is 0. The number of carbonyl (C=O) groups excluding carboxylic acids is 1. The third kappa shape index (κ3) is 3.17. The largest absolute Gasteiger partial charge is 0.469 e. The van der Waals surface area contributed by atoms with Crippen LogP contribution in [0.15, 0.2) is 28.2 Å². The van der Waals surface area contributed by atoms with Crippen molar-refractivity contribution >= 4 is 16.0 Å². The van der Waals surface area contributed by atoms with Gasteiger partial charge >= 0.3 is 5.97 Å². The number of H-pyrrole nitrogens is 1. The lowest BCUT2D eigenvalue weighted by Gasteiger charge is -2.15. The predicted octanol–water partition coefficient (Wildman–Crippen LogP) is -0.442. The smallest absolute Gasteiger partial charge is 0.306 e. The molecule has 18 heavy (non-hydrogen) atoms. The molecule has 0 bridgehead atoms. The van der Waals surface area contributed by atoms with Crippen molar-refractivity contribution in [3.05, 3.63) is 28.7 Å². The fraction of sp³-hybridized carbons (Fsp3) is 0.400. The Morgan fingerprint density at radius 1 is 1.50 bits per heavy atom. The van der Waals surface area contributed by atoms with Crippen molar-refractivity contribution in [2.75, 3.05) is 20.7 Å². The van der Waals surface area contributed by atoms with Gasteiger partial charge < -0.3 is 9.72 Å². The molecule has 0 aliphatic carbocycles. The highest BCUT2D eigenvalue weighted by atomic mass is 32.2. The van der Waals surface area contributed by atoms with Gasteiger partial charge in [-0.2, -0.15) is 0 Å². The third-order valence-corrected chi connectivity index (χ3v) is 4.21. The van der Waals surface area contributed by atoms with Crippen LogP contribution in [0.5, 0.6) is 0 Å². The fourth-order valence-electron chi connectivity index (χ4n) is 1.24. The van der Waals surface area contributed by atoms with Crippen LogP contribution in [0.25, 0.3) is 0 Å². The number of pyridine rings is 1. The van der Waals surface area contributed by atoms with Crippen LogP contribution in [-0.2, 0) is 19.6 Å². The van der Waals surface area contributed by atoms with Gasteiger partial charge in [-0.25, -0.2) is 12.7 Å². The number of hydrogen-bond acceptors (Lipinski definition) is 5. The standard InChI is InChI=1S/C10H14N2O5S/c1-12(6-4-10(14)17-2)18(15,16)9-7-11-5-3-8(9)13/h3,5,7H,4,6H2,1-2H3,(H,11,13). The molecule has 0 radical (unpaired) electrons. The first kappa shape index (κ1) is 14.4. The molecule has 0 atom stereocenters. The Bertz CT molecular complexity index is 578. The Morgan fingerprint density at radius 2 is 2.17 bits per heavy atom. The van der Waals surface area contributed by atoms with E-state index in [0.29, 0.717) is 0 Å². The van der Waals surface area contributed by atoms with Crippen LogP contribution in [0.1, 0.15) is 6.42 Å². The number of aromatic amines is 1. The number of nitrogens with zero attached hydrogens (tertiary/aromatic N) is 1. The van der Waals surface area contributed by atoms with Gasteiger partial charge in [0, 0.05) is 32.1 Å². The zero-order valence-electron chi connectivity index (χ0n) is 10.0. The summed E-state index contributed by atoms with van der Waals surface area (Å²) in [5, 5.41) is 0. The van der Waals surface area contributed by atoms with Crippen molar-refractivity contribution in [2.45, 2.75) is 11.3 Å². The molecular formula is C10H14N2O5S. The molecule has 0 aliphatic rings. The molecule has 1 heterocycles. The van der Waals surface area contributed by atoms with E-state index in [4.69, 9.17) is 0 Å². The average Bonchev–Trinajstić information content (AvgIpc) is 2.35. The monoisotopic (exact) mass is 274 g/mol. The van der Waals surface area contributed by atoms with Crippen LogP contribution in [0.4, 0.5) is 0 Å². The quantitative estimate of drug-likeness (QED) is 0.734. The molecule has 0 aromatic carbocycles. The zero-order chi connectivity index (χ0) is 13.8. The van der Waals surface area contributed by atoms with E-state index in [1.54, 1.807) is 0 Å². The highest BCUT2D eigenvalue weighted by Crippen LogP contribution is 2.08. The van der Waals surface area contributed by atoms with Gasteiger partial charge in [0.1, 0.15) is 4.90 Å². The summed E-state index contributed by atoms with van der Waals surface area (Å²) in [7, 11) is -1.37. The molecular weight excluding hydrogens is 260 g/mol. The van der Waals surface area contributed by atoms with E-state index in [-0.39, 0.29) is 17.9 Å². The summed E-state index contributed by atoms with van der Waals surface area (Å²) < 4.78 is 29.4. The van der Waals surface area contributed by atoms with Gasteiger partial charge in [-0.15, -0.1) is 0 Å². The predicted molar refractivity (Wildman–Crippen MR) is 63.5 cm³/mol. The first-order valence-electron chi connectivity index (χ1n) is 5.10. The number of aromatic nitrogens is 1. The SMILES string of the molecule is COC(=O)CCN(C)S(=O)(=O)c1c[nH]ccc1=O. The molecule has 100 valence electrons. The van der Waals surface area contributed by atoms with E-state index >= 15 is 0 Å². The normalized spacial score (nSPS) is 11.5. The minimum absolute atomic E-state index is 0.0522. The van der Waals surface area contributed by atoms with Crippen molar-refractivity contribution in [3.8, 4) is 0 Å². The number of methoxy groups -OCH3 is 1. The summed E-state index contributed by atoms with van der Waals surface area (Å²) in [6.07, 6.45) is 2.39. The first-order chi connectivity index (χ1) is 8.39. The molecule has 0 unspecified atom stereocenters. The maximum atomic E-state index is 12.0. The summed E-state index contributed by atoms with van der Waals surface area (Å²) in [6.45, 7) is -0.0522. The lowest BCUT2D eigenvalue weighted by Crippen LogP contribution is -2.32. The molecule has 7 nitrogen and oxygen atoms in total. The van der Waals surface area contributed by atoms with Crippen molar-refractivity contribution in [1.29, 1.82) is 0 Å². The van der Waals surface area contributed by atoms with Gasteiger partial charge in [-0.05, 0) is 0 Å². The van der Waals surface area contributed by atoms with Gasteiger partial charge in [0.15, 0.2) is 0 Å². The number of rotatable bonds is 5. The minimum atomic E-state index is -3.89. The second-order valence-corrected chi connectivity index (χ2v) is 5.54. The molecule has 0 fully saturated rings. The van der Waals surface area contributed by atoms with Crippen molar-refractivity contribution in [2.24, 2.45) is 0 Å². The number of hydrogen-bond donors (Lipinski definition) is 1. The Hall–Kier alpha value is -1.67. The molecule has 1 aromatic heterocycles. The van der Waals surface area contributed by atoms with E-state index in [0.717, 1.165) is 16.6 Å². The summed E-state index contributed by atoms with van der Waals surface area (Å²) in [5.74, 6) is -0.515. The average molecular weight is 274 g/mol. The first-order valence-corrected chi connectivity index (χ1v) is 6.54.